The molecule has 19 heavy (non-hydrogen) atoms. The van der Waals surface area contributed by atoms with Gasteiger partial charge in [0.25, 0.3) is 0 Å². The average molecular weight is 262 g/mol. The largest absolute Gasteiger partial charge is 0.469 e. The van der Waals surface area contributed by atoms with Crippen LogP contribution in [-0.2, 0) is 20.0 Å². The van der Waals surface area contributed by atoms with Crippen LogP contribution in [0.3, 0.4) is 0 Å². The summed E-state index contributed by atoms with van der Waals surface area (Å²) < 4.78 is 7.27. The maximum atomic E-state index is 5.70. The molecule has 0 aliphatic rings. The highest BCUT2D eigenvalue weighted by Crippen LogP contribution is 2.24. The number of rotatable bonds is 5. The van der Waals surface area contributed by atoms with E-state index in [0.29, 0.717) is 6.54 Å². The number of hydrogen-bond donors (Lipinski definition) is 1. The molecule has 0 unspecified atom stereocenters. The minimum Gasteiger partial charge on any atom is -0.469 e. The molecule has 0 radical (unpaired) electrons. The lowest BCUT2D eigenvalue weighted by atomic mass is 10.1. The van der Waals surface area contributed by atoms with Gasteiger partial charge in [-0.2, -0.15) is 5.10 Å². The van der Waals surface area contributed by atoms with Gasteiger partial charge < -0.3 is 15.1 Å². The molecule has 0 atom stereocenters. The van der Waals surface area contributed by atoms with E-state index in [9.17, 15) is 0 Å². The molecule has 0 aliphatic heterocycles. The standard InChI is InChI=1S/C14H22N4O/c1-10-13(5-7-15)14(18(4)16-10)17(3)9-12-6-8-19-11(12)2/h6,8H,5,7,9,15H2,1-4H3. The molecule has 2 aromatic rings. The lowest BCUT2D eigenvalue weighted by Gasteiger charge is -2.20. The molecule has 0 saturated carbocycles. The molecule has 2 N–H and O–H groups in total. The van der Waals surface area contributed by atoms with Crippen LogP contribution in [0, 0.1) is 13.8 Å². The summed E-state index contributed by atoms with van der Waals surface area (Å²) in [6, 6.07) is 2.01. The Balaban J connectivity index is 2.28. The number of hydrogen-bond acceptors (Lipinski definition) is 4. The van der Waals surface area contributed by atoms with E-state index in [1.54, 1.807) is 6.26 Å². The van der Waals surface area contributed by atoms with E-state index in [0.717, 1.165) is 30.2 Å². The van der Waals surface area contributed by atoms with Crippen LogP contribution in [0.5, 0.6) is 0 Å². The van der Waals surface area contributed by atoms with Crippen molar-refractivity contribution in [1.82, 2.24) is 9.78 Å². The second-order valence-corrected chi connectivity index (χ2v) is 4.91. The Morgan fingerprint density at radius 2 is 2.16 bits per heavy atom. The lowest BCUT2D eigenvalue weighted by Crippen LogP contribution is -2.21. The number of furan rings is 1. The van der Waals surface area contributed by atoms with Crippen molar-refractivity contribution in [2.75, 3.05) is 18.5 Å². The van der Waals surface area contributed by atoms with Crippen molar-refractivity contribution in [2.24, 2.45) is 12.8 Å². The Hall–Kier alpha value is -1.75. The third kappa shape index (κ3) is 2.66. The molecule has 2 heterocycles. The first kappa shape index (κ1) is 13.7. The lowest BCUT2D eigenvalue weighted by molar-refractivity contribution is 0.529. The summed E-state index contributed by atoms with van der Waals surface area (Å²) in [5.74, 6) is 2.09. The Morgan fingerprint density at radius 3 is 2.74 bits per heavy atom. The highest BCUT2D eigenvalue weighted by molar-refractivity contribution is 5.50. The van der Waals surface area contributed by atoms with Gasteiger partial charge in [0.15, 0.2) is 0 Å². The maximum absolute atomic E-state index is 5.70. The summed E-state index contributed by atoms with van der Waals surface area (Å²) in [6.45, 7) is 5.46. The maximum Gasteiger partial charge on any atom is 0.130 e. The molecule has 104 valence electrons. The van der Waals surface area contributed by atoms with Gasteiger partial charge in [0.2, 0.25) is 0 Å². The molecule has 5 heteroatoms. The molecule has 0 aliphatic carbocycles. The SMILES string of the molecule is Cc1nn(C)c(N(C)Cc2ccoc2C)c1CCN. The quantitative estimate of drug-likeness (QED) is 0.892. The van der Waals surface area contributed by atoms with Crippen molar-refractivity contribution in [3.8, 4) is 0 Å². The molecule has 0 aromatic carbocycles. The van der Waals surface area contributed by atoms with Gasteiger partial charge in [0.1, 0.15) is 11.6 Å². The highest BCUT2D eigenvalue weighted by atomic mass is 16.3. The van der Waals surface area contributed by atoms with E-state index in [-0.39, 0.29) is 0 Å². The summed E-state index contributed by atoms with van der Waals surface area (Å²) in [6.07, 6.45) is 2.58. The molecule has 0 amide bonds. The van der Waals surface area contributed by atoms with Gasteiger partial charge in [-0.25, -0.2) is 0 Å². The van der Waals surface area contributed by atoms with Crippen molar-refractivity contribution in [3.05, 3.63) is 34.9 Å². The van der Waals surface area contributed by atoms with E-state index >= 15 is 0 Å². The minimum atomic E-state index is 0.637. The molecule has 2 rings (SSSR count). The van der Waals surface area contributed by atoms with Gasteiger partial charge in [0.05, 0.1) is 12.0 Å². The Labute approximate surface area is 114 Å². The average Bonchev–Trinajstić information content (AvgIpc) is 2.85. The highest BCUT2D eigenvalue weighted by Gasteiger charge is 2.17. The summed E-state index contributed by atoms with van der Waals surface area (Å²) in [5.41, 5.74) is 9.18. The summed E-state index contributed by atoms with van der Waals surface area (Å²) >= 11 is 0. The third-order valence-electron chi connectivity index (χ3n) is 3.44. The number of nitrogens with two attached hydrogens (primary N) is 1. The molecular formula is C14H22N4O. The van der Waals surface area contributed by atoms with Crippen molar-refractivity contribution in [2.45, 2.75) is 26.8 Å². The zero-order valence-corrected chi connectivity index (χ0v) is 12.1. The van der Waals surface area contributed by atoms with E-state index in [2.05, 4.69) is 17.0 Å². The summed E-state index contributed by atoms with van der Waals surface area (Å²) in [7, 11) is 4.05. The monoisotopic (exact) mass is 262 g/mol. The second-order valence-electron chi connectivity index (χ2n) is 4.91. The van der Waals surface area contributed by atoms with Gasteiger partial charge in [-0.15, -0.1) is 0 Å². The van der Waals surface area contributed by atoms with Crippen LogP contribution < -0.4 is 10.6 Å². The Bertz CT molecular complexity index is 556. The number of anilines is 1. The molecular weight excluding hydrogens is 240 g/mol. The van der Waals surface area contributed by atoms with Crippen molar-refractivity contribution in [3.63, 3.8) is 0 Å². The first-order chi connectivity index (χ1) is 9.04. The van der Waals surface area contributed by atoms with E-state index < -0.39 is 0 Å². The normalized spacial score (nSPS) is 11.0. The van der Waals surface area contributed by atoms with Gasteiger partial charge in [-0.1, -0.05) is 0 Å². The fourth-order valence-corrected chi connectivity index (χ4v) is 2.51. The Kier molecular flexibility index (Phi) is 3.95. The fraction of sp³-hybridized carbons (Fsp3) is 0.500. The van der Waals surface area contributed by atoms with Gasteiger partial charge in [0, 0.05) is 31.8 Å². The minimum absolute atomic E-state index is 0.637. The first-order valence-corrected chi connectivity index (χ1v) is 6.51. The van der Waals surface area contributed by atoms with E-state index in [1.807, 2.05) is 31.6 Å². The van der Waals surface area contributed by atoms with Crippen LogP contribution >= 0.6 is 0 Å². The summed E-state index contributed by atoms with van der Waals surface area (Å²) in [4.78, 5) is 2.20. The molecule has 2 aromatic heterocycles. The Morgan fingerprint density at radius 1 is 1.42 bits per heavy atom. The topological polar surface area (TPSA) is 60.2 Å². The van der Waals surface area contributed by atoms with Gasteiger partial charge in [-0.3, -0.25) is 4.68 Å². The van der Waals surface area contributed by atoms with E-state index in [4.69, 9.17) is 10.2 Å². The predicted octanol–water partition coefficient (Wildman–Crippen LogP) is 1.77. The van der Waals surface area contributed by atoms with Gasteiger partial charge in [-0.05, 0) is 32.9 Å². The van der Waals surface area contributed by atoms with E-state index in [1.165, 1.54) is 11.1 Å². The third-order valence-corrected chi connectivity index (χ3v) is 3.44. The summed E-state index contributed by atoms with van der Waals surface area (Å²) in [5, 5.41) is 4.50. The molecule has 0 fully saturated rings. The van der Waals surface area contributed by atoms with Crippen LogP contribution in [0.25, 0.3) is 0 Å². The second kappa shape index (κ2) is 5.48. The molecule has 5 nitrogen and oxygen atoms in total. The number of aromatic nitrogens is 2. The molecule has 0 spiro atoms. The van der Waals surface area contributed by atoms with Crippen LogP contribution in [0.15, 0.2) is 16.7 Å². The van der Waals surface area contributed by atoms with Crippen LogP contribution in [0.1, 0.15) is 22.6 Å². The smallest absolute Gasteiger partial charge is 0.130 e. The van der Waals surface area contributed by atoms with Crippen LogP contribution in [-0.4, -0.2) is 23.4 Å². The number of aryl methyl sites for hydroxylation is 3. The zero-order valence-electron chi connectivity index (χ0n) is 12.1. The van der Waals surface area contributed by atoms with Gasteiger partial charge >= 0.3 is 0 Å². The molecule has 0 saturated heterocycles. The fourth-order valence-electron chi connectivity index (χ4n) is 2.51. The van der Waals surface area contributed by atoms with Crippen molar-refractivity contribution < 1.29 is 4.42 Å². The predicted molar refractivity (Wildman–Crippen MR) is 76.3 cm³/mol. The van der Waals surface area contributed by atoms with Crippen LogP contribution in [0.2, 0.25) is 0 Å². The molecule has 0 bridgehead atoms. The number of nitrogens with zero attached hydrogens (tertiary/aromatic N) is 3. The zero-order chi connectivity index (χ0) is 14.0. The van der Waals surface area contributed by atoms with Crippen molar-refractivity contribution in [1.29, 1.82) is 0 Å². The van der Waals surface area contributed by atoms with Crippen LogP contribution in [0.4, 0.5) is 5.82 Å². The van der Waals surface area contributed by atoms with Crippen molar-refractivity contribution >= 4 is 5.82 Å². The first-order valence-electron chi connectivity index (χ1n) is 6.51.